The molecule has 8 nitrogen and oxygen atoms in total. The van der Waals surface area contributed by atoms with Crippen LogP contribution in [-0.4, -0.2) is 48.9 Å². The molecular weight excluding hydrogens is 356 g/mol. The van der Waals surface area contributed by atoms with Gasteiger partial charge in [-0.25, -0.2) is 9.50 Å². The first kappa shape index (κ1) is 17.0. The molecule has 8 heteroatoms. The van der Waals surface area contributed by atoms with E-state index in [0.717, 1.165) is 59.4 Å². The molecule has 0 atom stereocenters. The molecule has 1 saturated carbocycles. The van der Waals surface area contributed by atoms with Gasteiger partial charge in [-0.1, -0.05) is 0 Å². The number of hydrogen-bond acceptors (Lipinski definition) is 6. The summed E-state index contributed by atoms with van der Waals surface area (Å²) in [5, 5.41) is 18.9. The maximum atomic E-state index is 9.69. The van der Waals surface area contributed by atoms with Gasteiger partial charge in [0.2, 0.25) is 0 Å². The van der Waals surface area contributed by atoms with E-state index in [-0.39, 0.29) is 6.10 Å². The number of nitrogens with one attached hydrogen (secondary N) is 2. The van der Waals surface area contributed by atoms with E-state index in [0.29, 0.717) is 11.8 Å². The number of pyridine rings is 1. The fourth-order valence-electron chi connectivity index (χ4n) is 3.88. The summed E-state index contributed by atoms with van der Waals surface area (Å²) in [6, 6.07) is 6.28. The van der Waals surface area contributed by atoms with E-state index in [4.69, 9.17) is 9.84 Å². The van der Waals surface area contributed by atoms with E-state index < -0.39 is 0 Å². The van der Waals surface area contributed by atoms with Crippen molar-refractivity contribution in [2.45, 2.75) is 37.8 Å². The van der Waals surface area contributed by atoms with Gasteiger partial charge in [-0.15, -0.1) is 5.10 Å². The fourth-order valence-corrected chi connectivity index (χ4v) is 3.88. The zero-order chi connectivity index (χ0) is 19.1. The standard InChI is InChI=1S/C20H22N6O2/c1-28-17-11-21-9-12-8-15(24-20(12)17)16-10-22-19-7-6-18(25-26(16)19)23-13-2-4-14(27)5-3-13/h6-11,13-14,24,27H,2-5H2,1H3,(H,23,25)/t13-,14-. The number of hydrogen-bond donors (Lipinski definition) is 3. The number of aromatic amines is 1. The molecule has 0 bridgehead atoms. The van der Waals surface area contributed by atoms with E-state index in [1.165, 1.54) is 0 Å². The van der Waals surface area contributed by atoms with Crippen LogP contribution in [0, 0.1) is 0 Å². The minimum absolute atomic E-state index is 0.165. The molecule has 3 N–H and O–H groups in total. The van der Waals surface area contributed by atoms with Crippen molar-refractivity contribution in [3.63, 3.8) is 0 Å². The van der Waals surface area contributed by atoms with Gasteiger partial charge in [0.25, 0.3) is 0 Å². The largest absolute Gasteiger partial charge is 0.493 e. The molecule has 0 spiro atoms. The van der Waals surface area contributed by atoms with Crippen LogP contribution in [0.4, 0.5) is 5.82 Å². The normalized spacial score (nSPS) is 19.9. The molecule has 4 aromatic rings. The summed E-state index contributed by atoms with van der Waals surface area (Å²) in [5.74, 6) is 1.51. The van der Waals surface area contributed by atoms with E-state index in [1.54, 1.807) is 19.5 Å². The Bertz CT molecular complexity index is 1130. The van der Waals surface area contributed by atoms with Gasteiger partial charge in [0, 0.05) is 17.6 Å². The molecule has 0 amide bonds. The average molecular weight is 378 g/mol. The Morgan fingerprint density at radius 1 is 1.18 bits per heavy atom. The Morgan fingerprint density at radius 2 is 2.04 bits per heavy atom. The number of aromatic nitrogens is 5. The van der Waals surface area contributed by atoms with E-state index in [2.05, 4.69) is 20.3 Å². The second kappa shape index (κ2) is 6.79. The summed E-state index contributed by atoms with van der Waals surface area (Å²) in [4.78, 5) is 12.1. The average Bonchev–Trinajstić information content (AvgIpc) is 3.33. The van der Waals surface area contributed by atoms with Gasteiger partial charge < -0.3 is 20.1 Å². The number of aliphatic hydroxyl groups excluding tert-OH is 1. The molecule has 4 heterocycles. The highest BCUT2D eigenvalue weighted by atomic mass is 16.5. The van der Waals surface area contributed by atoms with E-state index >= 15 is 0 Å². The van der Waals surface area contributed by atoms with E-state index in [1.807, 2.05) is 28.9 Å². The minimum Gasteiger partial charge on any atom is -0.493 e. The van der Waals surface area contributed by atoms with Gasteiger partial charge in [0.15, 0.2) is 11.4 Å². The number of rotatable bonds is 4. The van der Waals surface area contributed by atoms with E-state index in [9.17, 15) is 5.11 Å². The third kappa shape index (κ3) is 2.95. The molecule has 1 aliphatic rings. The summed E-state index contributed by atoms with van der Waals surface area (Å²) >= 11 is 0. The van der Waals surface area contributed by atoms with Crippen molar-refractivity contribution in [2.24, 2.45) is 0 Å². The number of imidazole rings is 1. The molecule has 0 radical (unpaired) electrons. The van der Waals surface area contributed by atoms with Gasteiger partial charge >= 0.3 is 0 Å². The van der Waals surface area contributed by atoms with Crippen molar-refractivity contribution < 1.29 is 9.84 Å². The topological polar surface area (TPSA) is 100 Å². The van der Waals surface area contributed by atoms with Gasteiger partial charge in [-0.05, 0) is 43.9 Å². The highest BCUT2D eigenvalue weighted by Crippen LogP contribution is 2.29. The predicted octanol–water partition coefficient (Wildman–Crippen LogP) is 3.00. The summed E-state index contributed by atoms with van der Waals surface area (Å²) in [7, 11) is 1.63. The fraction of sp³-hybridized carbons (Fsp3) is 0.350. The van der Waals surface area contributed by atoms with Crippen molar-refractivity contribution >= 4 is 22.4 Å². The first-order valence-corrected chi connectivity index (χ1v) is 9.52. The molecular formula is C20H22N6O2. The summed E-state index contributed by atoms with van der Waals surface area (Å²) in [6.45, 7) is 0. The van der Waals surface area contributed by atoms with Crippen LogP contribution in [0.2, 0.25) is 0 Å². The van der Waals surface area contributed by atoms with Crippen LogP contribution in [0.3, 0.4) is 0 Å². The number of aliphatic hydroxyl groups is 1. The Balaban J connectivity index is 1.50. The van der Waals surface area contributed by atoms with Gasteiger partial charge in [-0.2, -0.15) is 0 Å². The number of H-pyrrole nitrogens is 1. The van der Waals surface area contributed by atoms with Crippen LogP contribution >= 0.6 is 0 Å². The zero-order valence-electron chi connectivity index (χ0n) is 15.6. The Hall–Kier alpha value is -3.13. The first-order chi connectivity index (χ1) is 13.7. The SMILES string of the molecule is COc1cncc2cc(-c3cnc4ccc(N[C@H]5CC[C@H](O)CC5)nn34)[nH]c12. The van der Waals surface area contributed by atoms with Crippen molar-refractivity contribution in [2.75, 3.05) is 12.4 Å². The molecule has 0 aromatic carbocycles. The summed E-state index contributed by atoms with van der Waals surface area (Å²) in [6.07, 6.45) is 8.72. The van der Waals surface area contributed by atoms with Crippen molar-refractivity contribution in [3.8, 4) is 17.1 Å². The minimum atomic E-state index is -0.165. The summed E-state index contributed by atoms with van der Waals surface area (Å²) < 4.78 is 7.24. The van der Waals surface area contributed by atoms with Crippen molar-refractivity contribution in [3.05, 3.63) is 36.8 Å². The Morgan fingerprint density at radius 3 is 2.86 bits per heavy atom. The molecule has 4 aromatic heterocycles. The molecule has 5 rings (SSSR count). The number of anilines is 1. The maximum absolute atomic E-state index is 9.69. The molecule has 0 aliphatic heterocycles. The highest BCUT2D eigenvalue weighted by molar-refractivity contribution is 5.89. The number of nitrogens with zero attached hydrogens (tertiary/aromatic N) is 4. The second-order valence-electron chi connectivity index (χ2n) is 7.27. The Kier molecular flexibility index (Phi) is 4.12. The highest BCUT2D eigenvalue weighted by Gasteiger charge is 2.20. The zero-order valence-corrected chi connectivity index (χ0v) is 15.6. The van der Waals surface area contributed by atoms with Crippen LogP contribution in [-0.2, 0) is 0 Å². The molecule has 1 aliphatic carbocycles. The third-order valence-corrected chi connectivity index (χ3v) is 5.41. The molecule has 0 saturated heterocycles. The third-order valence-electron chi connectivity index (χ3n) is 5.41. The Labute approximate surface area is 161 Å². The predicted molar refractivity (Wildman–Crippen MR) is 107 cm³/mol. The second-order valence-corrected chi connectivity index (χ2v) is 7.27. The molecule has 1 fully saturated rings. The number of fused-ring (bicyclic) bond motifs is 2. The monoisotopic (exact) mass is 378 g/mol. The number of methoxy groups -OCH3 is 1. The maximum Gasteiger partial charge on any atom is 0.161 e. The van der Waals surface area contributed by atoms with Crippen LogP contribution in [0.5, 0.6) is 5.75 Å². The molecule has 144 valence electrons. The lowest BCUT2D eigenvalue weighted by Crippen LogP contribution is -2.28. The van der Waals surface area contributed by atoms with Crippen LogP contribution in [0.1, 0.15) is 25.7 Å². The molecule has 28 heavy (non-hydrogen) atoms. The summed E-state index contributed by atoms with van der Waals surface area (Å²) in [5.41, 5.74) is 3.45. The van der Waals surface area contributed by atoms with Crippen LogP contribution in [0.25, 0.3) is 27.9 Å². The van der Waals surface area contributed by atoms with Gasteiger partial charge in [0.1, 0.15) is 11.5 Å². The first-order valence-electron chi connectivity index (χ1n) is 9.52. The lowest BCUT2D eigenvalue weighted by molar-refractivity contribution is 0.126. The van der Waals surface area contributed by atoms with Crippen molar-refractivity contribution in [1.29, 1.82) is 0 Å². The number of ether oxygens (including phenoxy) is 1. The quantitative estimate of drug-likeness (QED) is 0.505. The van der Waals surface area contributed by atoms with Crippen LogP contribution in [0.15, 0.2) is 36.8 Å². The van der Waals surface area contributed by atoms with Crippen molar-refractivity contribution in [1.82, 2.24) is 24.6 Å². The van der Waals surface area contributed by atoms with Gasteiger partial charge in [0.05, 0.1) is 36.8 Å². The molecule has 0 unspecified atom stereocenters. The lowest BCUT2D eigenvalue weighted by Gasteiger charge is -2.26. The lowest BCUT2D eigenvalue weighted by atomic mass is 9.93. The van der Waals surface area contributed by atoms with Crippen LogP contribution < -0.4 is 10.1 Å². The van der Waals surface area contributed by atoms with Gasteiger partial charge in [-0.3, -0.25) is 4.98 Å². The smallest absolute Gasteiger partial charge is 0.161 e.